The molecule has 2 aliphatic rings. The highest BCUT2D eigenvalue weighted by molar-refractivity contribution is 5.55. The van der Waals surface area contributed by atoms with Crippen LogP contribution in [0.1, 0.15) is 29.9 Å². The molecule has 1 fully saturated rings. The Hall–Kier alpha value is -1.72. The van der Waals surface area contributed by atoms with Crippen molar-refractivity contribution in [2.24, 2.45) is 0 Å². The van der Waals surface area contributed by atoms with Crippen LogP contribution in [0.25, 0.3) is 11.5 Å². The Morgan fingerprint density at radius 3 is 2.95 bits per heavy atom. The minimum Gasteiger partial charge on any atom is -0.421 e. The number of ether oxygens (including phenoxy) is 1. The molecule has 1 aliphatic carbocycles. The first-order valence-electron chi connectivity index (χ1n) is 7.14. The number of benzene rings is 1. The first-order valence-corrected chi connectivity index (χ1v) is 7.14. The van der Waals surface area contributed by atoms with Gasteiger partial charge in [-0.25, -0.2) is 0 Å². The Bertz CT molecular complexity index is 619. The van der Waals surface area contributed by atoms with E-state index in [2.05, 4.69) is 27.6 Å². The van der Waals surface area contributed by atoms with Crippen LogP contribution in [0, 0.1) is 0 Å². The van der Waals surface area contributed by atoms with Crippen molar-refractivity contribution >= 4 is 0 Å². The Balaban J connectivity index is 1.46. The number of rotatable bonds is 5. The van der Waals surface area contributed by atoms with Crippen LogP contribution >= 0.6 is 0 Å². The highest BCUT2D eigenvalue weighted by Gasteiger charge is 2.20. The largest absolute Gasteiger partial charge is 0.421 e. The predicted octanol–water partition coefficient (Wildman–Crippen LogP) is 2.06. The van der Waals surface area contributed by atoms with Crippen molar-refractivity contribution in [2.75, 3.05) is 6.54 Å². The molecule has 1 aliphatic heterocycles. The van der Waals surface area contributed by atoms with E-state index in [4.69, 9.17) is 9.15 Å². The molecule has 0 saturated heterocycles. The maximum absolute atomic E-state index is 5.73. The highest BCUT2D eigenvalue weighted by Crippen LogP contribution is 2.26. The van der Waals surface area contributed by atoms with E-state index in [1.807, 2.05) is 6.07 Å². The zero-order valence-electron chi connectivity index (χ0n) is 11.3. The maximum atomic E-state index is 5.73. The molecule has 1 saturated carbocycles. The molecule has 4 rings (SSSR count). The summed E-state index contributed by atoms with van der Waals surface area (Å²) >= 11 is 0. The Morgan fingerprint density at radius 1 is 1.15 bits per heavy atom. The lowest BCUT2D eigenvalue weighted by Crippen LogP contribution is -2.19. The average Bonchev–Trinajstić information content (AvgIpc) is 2.99. The first-order chi connectivity index (χ1) is 9.88. The van der Waals surface area contributed by atoms with Crippen LogP contribution in [-0.2, 0) is 24.4 Å². The van der Waals surface area contributed by atoms with Crippen LogP contribution in [0.3, 0.4) is 0 Å². The van der Waals surface area contributed by atoms with Gasteiger partial charge in [-0.05, 0) is 36.1 Å². The molecule has 1 N–H and O–H groups in total. The highest BCUT2D eigenvalue weighted by atomic mass is 16.5. The standard InChI is InChI=1S/C15H17N3O2/c1-2-11-8-19-9-12(11)7-10(1)15-18-17-14(20-15)5-6-16-13-3-4-13/h1-2,7,13,16H,3-6,8-9H2. The smallest absolute Gasteiger partial charge is 0.247 e. The molecule has 104 valence electrons. The number of nitrogens with one attached hydrogen (secondary N) is 1. The quantitative estimate of drug-likeness (QED) is 0.902. The van der Waals surface area contributed by atoms with E-state index >= 15 is 0 Å². The van der Waals surface area contributed by atoms with Crippen molar-refractivity contribution in [1.29, 1.82) is 0 Å². The molecular formula is C15H17N3O2. The molecule has 0 atom stereocenters. The topological polar surface area (TPSA) is 60.2 Å². The fourth-order valence-corrected chi connectivity index (χ4v) is 2.45. The van der Waals surface area contributed by atoms with Gasteiger partial charge in [-0.3, -0.25) is 0 Å². The van der Waals surface area contributed by atoms with Crippen LogP contribution in [-0.4, -0.2) is 22.8 Å². The van der Waals surface area contributed by atoms with Gasteiger partial charge in [0.25, 0.3) is 0 Å². The van der Waals surface area contributed by atoms with E-state index < -0.39 is 0 Å². The second-order valence-corrected chi connectivity index (χ2v) is 5.46. The predicted molar refractivity (Wildman–Crippen MR) is 73.0 cm³/mol. The van der Waals surface area contributed by atoms with Crippen molar-refractivity contribution in [3.05, 3.63) is 35.2 Å². The van der Waals surface area contributed by atoms with Crippen molar-refractivity contribution in [2.45, 2.75) is 38.5 Å². The van der Waals surface area contributed by atoms with E-state index in [0.717, 1.165) is 18.5 Å². The molecule has 2 heterocycles. The van der Waals surface area contributed by atoms with Crippen LogP contribution in [0.2, 0.25) is 0 Å². The molecule has 1 aromatic heterocycles. The molecule has 0 unspecified atom stereocenters. The minimum absolute atomic E-state index is 0.598. The minimum atomic E-state index is 0.598. The van der Waals surface area contributed by atoms with Crippen molar-refractivity contribution in [1.82, 2.24) is 15.5 Å². The van der Waals surface area contributed by atoms with Crippen LogP contribution in [0.4, 0.5) is 0 Å². The van der Waals surface area contributed by atoms with E-state index in [0.29, 0.717) is 31.0 Å². The third-order valence-electron chi connectivity index (χ3n) is 3.78. The summed E-state index contributed by atoms with van der Waals surface area (Å²) in [6.45, 7) is 2.29. The van der Waals surface area contributed by atoms with Crippen LogP contribution in [0.5, 0.6) is 0 Å². The SMILES string of the molecule is c1cc2c(cc1-c1nnc(CCNC3CC3)o1)COC2. The summed E-state index contributed by atoms with van der Waals surface area (Å²) in [7, 11) is 0. The summed E-state index contributed by atoms with van der Waals surface area (Å²) in [5.74, 6) is 1.30. The van der Waals surface area contributed by atoms with Gasteiger partial charge in [-0.1, -0.05) is 6.07 Å². The summed E-state index contributed by atoms with van der Waals surface area (Å²) in [6, 6.07) is 6.90. The summed E-state index contributed by atoms with van der Waals surface area (Å²) in [5, 5.41) is 11.7. The van der Waals surface area contributed by atoms with Gasteiger partial charge in [0.1, 0.15) is 0 Å². The van der Waals surface area contributed by atoms with Gasteiger partial charge in [0, 0.05) is 24.6 Å². The first kappa shape index (κ1) is 12.1. The summed E-state index contributed by atoms with van der Waals surface area (Å²) < 4.78 is 11.1. The molecule has 1 aromatic carbocycles. The van der Waals surface area contributed by atoms with Crippen molar-refractivity contribution < 1.29 is 9.15 Å². The monoisotopic (exact) mass is 271 g/mol. The molecular weight excluding hydrogens is 254 g/mol. The summed E-state index contributed by atoms with van der Waals surface area (Å²) in [4.78, 5) is 0. The number of fused-ring (bicyclic) bond motifs is 1. The number of nitrogens with zero attached hydrogens (tertiary/aromatic N) is 2. The second-order valence-electron chi connectivity index (χ2n) is 5.46. The molecule has 5 nitrogen and oxygen atoms in total. The zero-order chi connectivity index (χ0) is 13.4. The third kappa shape index (κ3) is 2.46. The van der Waals surface area contributed by atoms with Gasteiger partial charge in [0.15, 0.2) is 0 Å². The number of hydrogen-bond donors (Lipinski definition) is 1. The second kappa shape index (κ2) is 5.00. The molecule has 0 radical (unpaired) electrons. The van der Waals surface area contributed by atoms with Gasteiger partial charge in [0.05, 0.1) is 13.2 Å². The normalized spacial score (nSPS) is 17.4. The van der Waals surface area contributed by atoms with Gasteiger partial charge < -0.3 is 14.5 Å². The number of aromatic nitrogens is 2. The molecule has 0 bridgehead atoms. The van der Waals surface area contributed by atoms with Crippen molar-refractivity contribution in [3.63, 3.8) is 0 Å². The van der Waals surface area contributed by atoms with Crippen LogP contribution in [0.15, 0.2) is 22.6 Å². The summed E-state index contributed by atoms with van der Waals surface area (Å²) in [6.07, 6.45) is 3.39. The lowest BCUT2D eigenvalue weighted by Gasteiger charge is -1.99. The molecule has 20 heavy (non-hydrogen) atoms. The Kier molecular flexibility index (Phi) is 3.01. The molecule has 2 aromatic rings. The fourth-order valence-electron chi connectivity index (χ4n) is 2.45. The zero-order valence-corrected chi connectivity index (χ0v) is 11.3. The van der Waals surface area contributed by atoms with Gasteiger partial charge in [-0.15, -0.1) is 10.2 Å². The van der Waals surface area contributed by atoms with Crippen molar-refractivity contribution in [3.8, 4) is 11.5 Å². The Labute approximate surface area is 117 Å². The average molecular weight is 271 g/mol. The van der Waals surface area contributed by atoms with Gasteiger partial charge >= 0.3 is 0 Å². The lowest BCUT2D eigenvalue weighted by atomic mass is 10.1. The lowest BCUT2D eigenvalue weighted by molar-refractivity contribution is 0.134. The third-order valence-corrected chi connectivity index (χ3v) is 3.78. The van der Waals surface area contributed by atoms with E-state index in [1.54, 1.807) is 0 Å². The van der Waals surface area contributed by atoms with Gasteiger partial charge in [-0.2, -0.15) is 0 Å². The maximum Gasteiger partial charge on any atom is 0.247 e. The molecule has 5 heteroatoms. The Morgan fingerprint density at radius 2 is 2.05 bits per heavy atom. The summed E-state index contributed by atoms with van der Waals surface area (Å²) in [5.41, 5.74) is 3.45. The van der Waals surface area contributed by atoms with E-state index in [9.17, 15) is 0 Å². The number of hydrogen-bond acceptors (Lipinski definition) is 5. The van der Waals surface area contributed by atoms with Gasteiger partial charge in [0.2, 0.25) is 11.8 Å². The molecule has 0 spiro atoms. The van der Waals surface area contributed by atoms with Crippen LogP contribution < -0.4 is 5.32 Å². The van der Waals surface area contributed by atoms with E-state index in [-0.39, 0.29) is 0 Å². The molecule has 0 amide bonds. The fraction of sp³-hybridized carbons (Fsp3) is 0.467. The van der Waals surface area contributed by atoms with E-state index in [1.165, 1.54) is 24.0 Å².